The van der Waals surface area contributed by atoms with Crippen LogP contribution in [0.2, 0.25) is 0 Å². The van der Waals surface area contributed by atoms with E-state index in [0.29, 0.717) is 56.4 Å². The number of methoxy groups -OCH3 is 4. The van der Waals surface area contributed by atoms with Crippen molar-refractivity contribution >= 4 is 16.8 Å². The number of ether oxygens (including phenoxy) is 5. The summed E-state index contributed by atoms with van der Waals surface area (Å²) in [5.74, 6) is 0.615. The number of nitrogens with zero attached hydrogens (tertiary/aromatic N) is 2. The van der Waals surface area contributed by atoms with Crippen LogP contribution in [-0.4, -0.2) is 49.2 Å². The van der Waals surface area contributed by atoms with E-state index < -0.39 is 17.0 Å². The lowest BCUT2D eigenvalue weighted by Gasteiger charge is -2.15. The number of aryl methyl sites for hydroxylation is 2. The Hall–Kier alpha value is -5.45. The number of ketones is 1. The molecule has 0 saturated heterocycles. The molecule has 11 heteroatoms. The molecular weight excluding hydrogens is 569 g/mol. The highest BCUT2D eigenvalue weighted by Crippen LogP contribution is 2.36. The van der Waals surface area contributed by atoms with Crippen molar-refractivity contribution in [3.8, 4) is 45.8 Å². The molecule has 44 heavy (non-hydrogen) atoms. The van der Waals surface area contributed by atoms with Gasteiger partial charge in [-0.2, -0.15) is 0 Å². The van der Waals surface area contributed by atoms with E-state index in [0.717, 1.165) is 0 Å². The molecule has 5 aromatic rings. The molecule has 3 aromatic heterocycles. The Kier molecular flexibility index (Phi) is 8.48. The zero-order valence-corrected chi connectivity index (χ0v) is 25.0. The highest BCUT2D eigenvalue weighted by molar-refractivity contribution is 5.99. The van der Waals surface area contributed by atoms with Crippen molar-refractivity contribution in [2.45, 2.75) is 20.3 Å². The van der Waals surface area contributed by atoms with Gasteiger partial charge in [0.1, 0.15) is 17.0 Å². The molecule has 0 aliphatic heterocycles. The summed E-state index contributed by atoms with van der Waals surface area (Å²) in [6, 6.07) is 12.5. The van der Waals surface area contributed by atoms with Crippen LogP contribution in [-0.2, 0) is 6.42 Å². The van der Waals surface area contributed by atoms with E-state index in [1.165, 1.54) is 46.8 Å². The van der Waals surface area contributed by atoms with Crippen LogP contribution in [0.25, 0.3) is 22.2 Å². The van der Waals surface area contributed by atoms with Crippen molar-refractivity contribution in [2.75, 3.05) is 28.4 Å². The molecule has 0 unspecified atom stereocenters. The third-order valence-electron chi connectivity index (χ3n) is 7.14. The first-order valence-corrected chi connectivity index (χ1v) is 13.5. The molecule has 0 spiro atoms. The monoisotopic (exact) mass is 599 g/mol. The van der Waals surface area contributed by atoms with Crippen molar-refractivity contribution in [3.05, 3.63) is 93.3 Å². The average Bonchev–Trinajstić information content (AvgIpc) is 3.01. The molecule has 0 radical (unpaired) electrons. The molecule has 5 rings (SSSR count). The minimum atomic E-state index is -0.695. The summed E-state index contributed by atoms with van der Waals surface area (Å²) >= 11 is 0. The van der Waals surface area contributed by atoms with E-state index in [1.807, 2.05) is 0 Å². The maximum atomic E-state index is 15.3. The fraction of sp³-hybridized carbons (Fsp3) is 0.212. The van der Waals surface area contributed by atoms with Crippen molar-refractivity contribution in [3.63, 3.8) is 0 Å². The summed E-state index contributed by atoms with van der Waals surface area (Å²) < 4.78 is 42.5. The number of halogens is 1. The molecule has 3 heterocycles. The van der Waals surface area contributed by atoms with E-state index in [1.54, 1.807) is 50.2 Å². The van der Waals surface area contributed by atoms with E-state index in [4.69, 9.17) is 23.7 Å². The lowest BCUT2D eigenvalue weighted by Crippen LogP contribution is -2.23. The predicted molar refractivity (Wildman–Crippen MR) is 162 cm³/mol. The van der Waals surface area contributed by atoms with Crippen molar-refractivity contribution < 1.29 is 32.9 Å². The van der Waals surface area contributed by atoms with Crippen LogP contribution in [0.1, 0.15) is 27.3 Å². The normalized spacial score (nSPS) is 10.9. The molecule has 226 valence electrons. The van der Waals surface area contributed by atoms with Gasteiger partial charge in [-0.3, -0.25) is 14.6 Å². The number of carbonyl (C=O) groups excluding carboxylic acids is 1. The first-order chi connectivity index (χ1) is 21.2. The van der Waals surface area contributed by atoms with E-state index in [-0.39, 0.29) is 29.4 Å². The number of benzene rings is 2. The Morgan fingerprint density at radius 3 is 2.30 bits per heavy atom. The van der Waals surface area contributed by atoms with Crippen LogP contribution >= 0.6 is 0 Å². The zero-order chi connectivity index (χ0) is 31.5. The third-order valence-corrected chi connectivity index (χ3v) is 7.14. The number of rotatable bonds is 10. The van der Waals surface area contributed by atoms with E-state index >= 15 is 4.39 Å². The van der Waals surface area contributed by atoms with Crippen LogP contribution in [0.15, 0.2) is 59.5 Å². The number of Topliss-reactive ketones (excluding diaryl/α,β-unsaturated/α-hetero) is 1. The number of hydrogen-bond donors (Lipinski definition) is 1. The zero-order valence-electron chi connectivity index (χ0n) is 25.0. The molecule has 0 fully saturated rings. The molecular formula is C33H30FN3O7. The summed E-state index contributed by atoms with van der Waals surface area (Å²) in [6.45, 7) is 3.41. The predicted octanol–water partition coefficient (Wildman–Crippen LogP) is 5.99. The summed E-state index contributed by atoms with van der Waals surface area (Å²) in [7, 11) is 5.96. The summed E-state index contributed by atoms with van der Waals surface area (Å²) in [6.07, 6.45) is 1.30. The largest absolute Gasteiger partial charge is 0.497 e. The van der Waals surface area contributed by atoms with Crippen molar-refractivity contribution in [2.24, 2.45) is 0 Å². The second-order valence-electron chi connectivity index (χ2n) is 9.86. The first-order valence-electron chi connectivity index (χ1n) is 13.5. The molecule has 2 aromatic carbocycles. The smallest absolute Gasteiger partial charge is 0.257 e. The fourth-order valence-corrected chi connectivity index (χ4v) is 5.05. The van der Waals surface area contributed by atoms with Gasteiger partial charge in [-0.15, -0.1) is 0 Å². The van der Waals surface area contributed by atoms with E-state index in [2.05, 4.69) is 15.0 Å². The van der Waals surface area contributed by atoms with Crippen LogP contribution in [0.4, 0.5) is 4.39 Å². The summed E-state index contributed by atoms with van der Waals surface area (Å²) in [4.78, 5) is 39.0. The molecule has 0 atom stereocenters. The number of fused-ring (bicyclic) bond motifs is 1. The number of carbonyl (C=O) groups is 1. The maximum absolute atomic E-state index is 15.3. The minimum Gasteiger partial charge on any atom is -0.497 e. The average molecular weight is 600 g/mol. The van der Waals surface area contributed by atoms with Crippen molar-refractivity contribution in [1.29, 1.82) is 0 Å². The molecule has 0 saturated carbocycles. The second-order valence-corrected chi connectivity index (χ2v) is 9.86. The van der Waals surface area contributed by atoms with Crippen LogP contribution < -0.4 is 29.1 Å². The number of hydrogen-bond acceptors (Lipinski definition) is 9. The number of pyridine rings is 3. The highest BCUT2D eigenvalue weighted by atomic mass is 19.1. The third kappa shape index (κ3) is 5.63. The molecule has 0 aliphatic carbocycles. The molecule has 10 nitrogen and oxygen atoms in total. The minimum absolute atomic E-state index is 0.0112. The summed E-state index contributed by atoms with van der Waals surface area (Å²) in [5.41, 5.74) is 2.54. The molecule has 1 N–H and O–H groups in total. The number of nitrogens with one attached hydrogen (secondary N) is 1. The second kappa shape index (κ2) is 12.4. The Morgan fingerprint density at radius 2 is 1.61 bits per heavy atom. The standard InChI is InChI=1S/C33H30FN3O7/c1-17-29(21-9-8-20(40-3)15-27(21)41-4)32(39)30(18(2)36-17)24(38)14-19-7-10-25(22(34)13-19)44-26-11-12-35-23-16-28(42-5)33(43-6)37-31(23)26/h7-13,15-16H,14H2,1-6H3,(H,36,39). The van der Waals surface area contributed by atoms with Crippen molar-refractivity contribution in [1.82, 2.24) is 15.0 Å². The van der Waals surface area contributed by atoms with Gasteiger partial charge in [-0.05, 0) is 43.7 Å². The molecule has 0 amide bonds. The molecule has 0 aliphatic rings. The first kappa shape index (κ1) is 30.0. The Labute approximate surface area is 252 Å². The van der Waals surface area contributed by atoms with Gasteiger partial charge in [0.25, 0.3) is 5.88 Å². The van der Waals surface area contributed by atoms with Gasteiger partial charge >= 0.3 is 0 Å². The maximum Gasteiger partial charge on any atom is 0.257 e. The van der Waals surface area contributed by atoms with Crippen LogP contribution in [0.5, 0.6) is 34.6 Å². The van der Waals surface area contributed by atoms with Gasteiger partial charge < -0.3 is 28.7 Å². The number of aromatic nitrogens is 3. The van der Waals surface area contributed by atoms with Crippen LogP contribution in [0.3, 0.4) is 0 Å². The summed E-state index contributed by atoms with van der Waals surface area (Å²) in [5, 5.41) is 0. The Morgan fingerprint density at radius 1 is 0.841 bits per heavy atom. The van der Waals surface area contributed by atoms with Gasteiger partial charge in [0.15, 0.2) is 28.8 Å². The molecule has 0 bridgehead atoms. The van der Waals surface area contributed by atoms with Gasteiger partial charge in [0, 0.05) is 47.8 Å². The lowest BCUT2D eigenvalue weighted by atomic mass is 9.95. The quantitative estimate of drug-likeness (QED) is 0.193. The Bertz CT molecular complexity index is 1960. The number of H-pyrrole nitrogens is 1. The van der Waals surface area contributed by atoms with Gasteiger partial charge in [-0.1, -0.05) is 6.07 Å². The van der Waals surface area contributed by atoms with Gasteiger partial charge in [0.2, 0.25) is 5.43 Å². The SMILES string of the molecule is COc1ccc(-c2c(C)[nH]c(C)c(C(=O)Cc3ccc(Oc4ccnc5cc(OC)c(OC)nc45)c(F)c3)c2=O)c(OC)c1. The topological polar surface area (TPSA) is 122 Å². The number of aromatic amines is 1. The van der Waals surface area contributed by atoms with Gasteiger partial charge in [-0.25, -0.2) is 9.37 Å². The Balaban J connectivity index is 1.44. The fourth-order valence-electron chi connectivity index (χ4n) is 5.05. The van der Waals surface area contributed by atoms with E-state index in [9.17, 15) is 9.59 Å². The lowest BCUT2D eigenvalue weighted by molar-refractivity contribution is 0.0991. The highest BCUT2D eigenvalue weighted by Gasteiger charge is 2.23. The van der Waals surface area contributed by atoms with Gasteiger partial charge in [0.05, 0.1) is 45.1 Å². The van der Waals surface area contributed by atoms with Crippen LogP contribution in [0, 0.1) is 19.7 Å².